The highest BCUT2D eigenvalue weighted by atomic mass is 16.3. The van der Waals surface area contributed by atoms with Gasteiger partial charge in [0, 0.05) is 25.7 Å². The maximum Gasteiger partial charge on any atom is 0.224 e. The molecule has 0 aromatic heterocycles. The van der Waals surface area contributed by atoms with Crippen molar-refractivity contribution in [1.82, 2.24) is 10.2 Å². The Labute approximate surface area is 145 Å². The number of carbonyl (C=O) groups excluding carboxylic acids is 1. The molecular formula is C20H30N2O2. The van der Waals surface area contributed by atoms with Crippen molar-refractivity contribution in [2.24, 2.45) is 5.92 Å². The third-order valence-corrected chi connectivity index (χ3v) is 5.23. The van der Waals surface area contributed by atoms with Crippen molar-refractivity contribution in [3.63, 3.8) is 0 Å². The smallest absolute Gasteiger partial charge is 0.224 e. The topological polar surface area (TPSA) is 52.6 Å². The Bertz CT molecular complexity index is 562. The van der Waals surface area contributed by atoms with Gasteiger partial charge in [0.1, 0.15) is 0 Å². The number of nitrogens with zero attached hydrogens (tertiary/aromatic N) is 1. The molecule has 2 fully saturated rings. The lowest BCUT2D eigenvalue weighted by Crippen LogP contribution is -2.38. The van der Waals surface area contributed by atoms with Crippen LogP contribution in [0.1, 0.15) is 50.7 Å². The number of benzene rings is 1. The summed E-state index contributed by atoms with van der Waals surface area (Å²) in [6.45, 7) is 6.46. The second kappa shape index (κ2) is 7.24. The van der Waals surface area contributed by atoms with Gasteiger partial charge in [0.25, 0.3) is 0 Å². The Hall–Kier alpha value is -1.39. The van der Waals surface area contributed by atoms with Gasteiger partial charge in [-0.3, -0.25) is 9.69 Å². The predicted molar refractivity (Wildman–Crippen MR) is 95.6 cm³/mol. The molecule has 2 bridgehead atoms. The standard InChI is InChI=1S/C20H30N2O2/c1-20(2,24)11-10-15-6-8-16(9-7-15)12-22-13-17-4-3-5-18(14-22)21-19(17)23/h6-9,17-18,24H,3-5,10-14H2,1-2H3,(H,21,23). The monoisotopic (exact) mass is 330 g/mol. The molecular weight excluding hydrogens is 300 g/mol. The van der Waals surface area contributed by atoms with Gasteiger partial charge < -0.3 is 10.4 Å². The summed E-state index contributed by atoms with van der Waals surface area (Å²) < 4.78 is 0. The van der Waals surface area contributed by atoms with Crippen LogP contribution in [-0.4, -0.2) is 40.6 Å². The minimum absolute atomic E-state index is 0.156. The zero-order valence-electron chi connectivity index (χ0n) is 14.9. The second-order valence-electron chi connectivity index (χ2n) is 8.16. The van der Waals surface area contributed by atoms with Crippen LogP contribution in [0.4, 0.5) is 0 Å². The lowest BCUT2D eigenvalue weighted by atomic mass is 9.97. The second-order valence-corrected chi connectivity index (χ2v) is 8.16. The number of aryl methyl sites for hydroxylation is 1. The molecule has 1 amide bonds. The Kier molecular flexibility index (Phi) is 5.26. The first-order valence-corrected chi connectivity index (χ1v) is 9.22. The summed E-state index contributed by atoms with van der Waals surface area (Å²) in [4.78, 5) is 14.6. The molecule has 0 aliphatic carbocycles. The van der Waals surface area contributed by atoms with Gasteiger partial charge >= 0.3 is 0 Å². The molecule has 2 heterocycles. The van der Waals surface area contributed by atoms with E-state index in [1.165, 1.54) is 11.1 Å². The van der Waals surface area contributed by atoms with Crippen LogP contribution in [0.15, 0.2) is 24.3 Å². The molecule has 4 nitrogen and oxygen atoms in total. The molecule has 24 heavy (non-hydrogen) atoms. The number of hydrogen-bond acceptors (Lipinski definition) is 3. The molecule has 2 aliphatic rings. The number of aliphatic hydroxyl groups is 1. The zero-order valence-corrected chi connectivity index (χ0v) is 14.9. The van der Waals surface area contributed by atoms with E-state index in [-0.39, 0.29) is 11.8 Å². The van der Waals surface area contributed by atoms with E-state index < -0.39 is 5.60 Å². The normalized spacial score (nSPS) is 25.2. The largest absolute Gasteiger partial charge is 0.390 e. The van der Waals surface area contributed by atoms with Gasteiger partial charge in [0.15, 0.2) is 0 Å². The first-order valence-electron chi connectivity index (χ1n) is 9.22. The average molecular weight is 330 g/mol. The minimum atomic E-state index is -0.609. The van der Waals surface area contributed by atoms with Crippen molar-refractivity contribution in [3.8, 4) is 0 Å². The first kappa shape index (κ1) is 17.4. The fourth-order valence-electron chi connectivity index (χ4n) is 3.79. The molecule has 2 unspecified atom stereocenters. The van der Waals surface area contributed by atoms with Gasteiger partial charge in [0.2, 0.25) is 5.91 Å². The highest BCUT2D eigenvalue weighted by Gasteiger charge is 2.32. The number of amides is 1. The van der Waals surface area contributed by atoms with Gasteiger partial charge in [-0.1, -0.05) is 30.7 Å². The summed E-state index contributed by atoms with van der Waals surface area (Å²) in [6.07, 6.45) is 4.97. The van der Waals surface area contributed by atoms with Gasteiger partial charge in [-0.25, -0.2) is 0 Å². The third kappa shape index (κ3) is 4.81. The van der Waals surface area contributed by atoms with E-state index in [0.29, 0.717) is 6.04 Å². The lowest BCUT2D eigenvalue weighted by Gasteiger charge is -2.27. The Morgan fingerprint density at radius 1 is 1.17 bits per heavy atom. The summed E-state index contributed by atoms with van der Waals surface area (Å²) in [5, 5.41) is 13.0. The molecule has 4 heteroatoms. The Balaban J connectivity index is 1.58. The van der Waals surface area contributed by atoms with Crippen LogP contribution in [-0.2, 0) is 17.8 Å². The van der Waals surface area contributed by atoms with Crippen LogP contribution in [0.5, 0.6) is 0 Å². The van der Waals surface area contributed by atoms with Crippen LogP contribution < -0.4 is 5.32 Å². The van der Waals surface area contributed by atoms with Gasteiger partial charge in [-0.05, 0) is 50.7 Å². The van der Waals surface area contributed by atoms with Crippen molar-refractivity contribution < 1.29 is 9.90 Å². The molecule has 132 valence electrons. The molecule has 0 radical (unpaired) electrons. The lowest BCUT2D eigenvalue weighted by molar-refractivity contribution is -0.124. The SMILES string of the molecule is CC(C)(O)CCc1ccc(CN2CC3CCCC(C2)C(=O)N3)cc1. The maximum absolute atomic E-state index is 12.1. The summed E-state index contributed by atoms with van der Waals surface area (Å²) in [6, 6.07) is 9.04. The third-order valence-electron chi connectivity index (χ3n) is 5.23. The highest BCUT2D eigenvalue weighted by Crippen LogP contribution is 2.23. The van der Waals surface area contributed by atoms with Crippen molar-refractivity contribution in [3.05, 3.63) is 35.4 Å². The summed E-state index contributed by atoms with van der Waals surface area (Å²) >= 11 is 0. The highest BCUT2D eigenvalue weighted by molar-refractivity contribution is 5.79. The van der Waals surface area contributed by atoms with Crippen molar-refractivity contribution >= 4 is 5.91 Å². The van der Waals surface area contributed by atoms with E-state index >= 15 is 0 Å². The van der Waals surface area contributed by atoms with E-state index in [1.807, 2.05) is 13.8 Å². The van der Waals surface area contributed by atoms with Crippen LogP contribution in [0.2, 0.25) is 0 Å². The molecule has 3 rings (SSSR count). The minimum Gasteiger partial charge on any atom is -0.390 e. The predicted octanol–water partition coefficient (Wildman–Crippen LogP) is 2.49. The first-order chi connectivity index (χ1) is 11.4. The van der Waals surface area contributed by atoms with E-state index in [4.69, 9.17) is 0 Å². The average Bonchev–Trinajstić information content (AvgIpc) is 2.74. The van der Waals surface area contributed by atoms with E-state index in [9.17, 15) is 9.90 Å². The van der Waals surface area contributed by atoms with Crippen molar-refractivity contribution in [2.45, 2.75) is 64.1 Å². The molecule has 2 atom stereocenters. The molecule has 2 N–H and O–H groups in total. The maximum atomic E-state index is 12.1. The summed E-state index contributed by atoms with van der Waals surface area (Å²) in [5.41, 5.74) is 1.96. The Morgan fingerprint density at radius 3 is 2.58 bits per heavy atom. The van der Waals surface area contributed by atoms with E-state index in [0.717, 1.165) is 51.7 Å². The summed E-state index contributed by atoms with van der Waals surface area (Å²) in [7, 11) is 0. The molecule has 0 saturated carbocycles. The quantitative estimate of drug-likeness (QED) is 0.872. The number of nitrogens with one attached hydrogen (secondary N) is 1. The van der Waals surface area contributed by atoms with Crippen LogP contribution >= 0.6 is 0 Å². The number of hydrogen-bond donors (Lipinski definition) is 2. The summed E-state index contributed by atoms with van der Waals surface area (Å²) in [5.74, 6) is 0.408. The number of fused-ring (bicyclic) bond motifs is 3. The number of carbonyl (C=O) groups is 1. The Morgan fingerprint density at radius 2 is 1.88 bits per heavy atom. The molecule has 2 aliphatic heterocycles. The molecule has 1 aromatic carbocycles. The molecule has 1 aromatic rings. The van der Waals surface area contributed by atoms with Gasteiger partial charge in [-0.15, -0.1) is 0 Å². The number of rotatable bonds is 5. The van der Waals surface area contributed by atoms with Crippen LogP contribution in [0, 0.1) is 5.92 Å². The fraction of sp³-hybridized carbons (Fsp3) is 0.650. The van der Waals surface area contributed by atoms with E-state index in [1.54, 1.807) is 0 Å². The van der Waals surface area contributed by atoms with E-state index in [2.05, 4.69) is 34.5 Å². The van der Waals surface area contributed by atoms with Gasteiger partial charge in [0.05, 0.1) is 11.5 Å². The van der Waals surface area contributed by atoms with Crippen molar-refractivity contribution in [2.75, 3.05) is 13.1 Å². The van der Waals surface area contributed by atoms with Gasteiger partial charge in [-0.2, -0.15) is 0 Å². The molecule has 2 saturated heterocycles. The van der Waals surface area contributed by atoms with Crippen LogP contribution in [0.3, 0.4) is 0 Å². The zero-order chi connectivity index (χ0) is 17.2. The fourth-order valence-corrected chi connectivity index (χ4v) is 3.79. The van der Waals surface area contributed by atoms with Crippen molar-refractivity contribution in [1.29, 1.82) is 0 Å². The van der Waals surface area contributed by atoms with Crippen LogP contribution in [0.25, 0.3) is 0 Å². The molecule has 0 spiro atoms. The number of likely N-dealkylation sites (tertiary alicyclic amines) is 1.